The molecule has 1 saturated carbocycles. The van der Waals surface area contributed by atoms with Gasteiger partial charge in [-0.15, -0.1) is 0 Å². The monoisotopic (exact) mass is 295 g/mol. The highest BCUT2D eigenvalue weighted by molar-refractivity contribution is 5.86. The summed E-state index contributed by atoms with van der Waals surface area (Å²) in [5.41, 5.74) is -0.116. The van der Waals surface area contributed by atoms with Gasteiger partial charge in [-0.2, -0.15) is 0 Å². The molecule has 5 heteroatoms. The Bertz CT molecular complexity index is 495. The van der Waals surface area contributed by atoms with Crippen molar-refractivity contribution in [3.8, 4) is 5.75 Å². The fourth-order valence-corrected chi connectivity index (χ4v) is 2.38. The largest absolute Gasteiger partial charge is 0.545 e. The lowest BCUT2D eigenvalue weighted by Crippen LogP contribution is -2.31. The number of hydrogen-bond donors (Lipinski definition) is 0. The molecule has 0 heterocycles. The minimum atomic E-state index is -1.36. The number of hydrogen-bond acceptors (Lipinski definition) is 4. The molecule has 1 aliphatic carbocycles. The number of carbonyl (C=O) groups excluding carboxylic acids is 1. The first kappa shape index (κ1) is 15.8. The van der Waals surface area contributed by atoms with Crippen LogP contribution in [0.5, 0.6) is 5.75 Å². The summed E-state index contributed by atoms with van der Waals surface area (Å²) in [4.78, 5) is 10.8. The summed E-state index contributed by atoms with van der Waals surface area (Å²) in [5.74, 6) is -2.07. The van der Waals surface area contributed by atoms with Crippen LogP contribution in [-0.4, -0.2) is 18.4 Å². The fourth-order valence-electron chi connectivity index (χ4n) is 2.38. The average molecular weight is 295 g/mol. The van der Waals surface area contributed by atoms with Gasteiger partial charge < -0.3 is 19.4 Å². The molecule has 0 amide bonds. The van der Waals surface area contributed by atoms with Gasteiger partial charge in [0.1, 0.15) is 0 Å². The molecule has 116 valence electrons. The molecule has 2 rings (SSSR count). The van der Waals surface area contributed by atoms with Gasteiger partial charge in [-0.05, 0) is 31.0 Å². The molecule has 21 heavy (non-hydrogen) atoms. The first-order chi connectivity index (χ1) is 9.97. The van der Waals surface area contributed by atoms with Crippen LogP contribution < -0.4 is 9.84 Å². The van der Waals surface area contributed by atoms with Crippen molar-refractivity contribution < 1.29 is 23.8 Å². The number of carbonyl (C=O) groups is 1. The highest BCUT2D eigenvalue weighted by Gasteiger charge is 2.25. The summed E-state index contributed by atoms with van der Waals surface area (Å²) in [5, 5.41) is 10.8. The topological polar surface area (TPSA) is 58.6 Å². The molecular weight excluding hydrogens is 275 g/mol. The Morgan fingerprint density at radius 2 is 2.00 bits per heavy atom. The summed E-state index contributed by atoms with van der Waals surface area (Å²) in [6, 6.07) is 3.35. The van der Waals surface area contributed by atoms with Crippen molar-refractivity contribution in [2.75, 3.05) is 0 Å². The lowest BCUT2D eigenvalue weighted by Gasteiger charge is -2.26. The average Bonchev–Trinajstić information content (AvgIpc) is 2.92. The third kappa shape index (κ3) is 4.17. The molecule has 1 unspecified atom stereocenters. The Morgan fingerprint density at radius 1 is 1.33 bits per heavy atom. The SMILES string of the molecule is CC(C)C(Oc1cc(C(=O)[O-])ccc1F)OC1CCCC1. The smallest absolute Gasteiger partial charge is 0.202 e. The van der Waals surface area contributed by atoms with E-state index in [2.05, 4.69) is 0 Å². The van der Waals surface area contributed by atoms with Crippen LogP contribution in [-0.2, 0) is 4.74 Å². The van der Waals surface area contributed by atoms with Gasteiger partial charge in [-0.1, -0.05) is 26.7 Å². The molecule has 0 radical (unpaired) electrons. The summed E-state index contributed by atoms with van der Waals surface area (Å²) in [6.07, 6.45) is 3.75. The molecule has 0 aromatic heterocycles. The van der Waals surface area contributed by atoms with Crippen molar-refractivity contribution in [1.29, 1.82) is 0 Å². The zero-order chi connectivity index (χ0) is 15.4. The number of benzene rings is 1. The fraction of sp³-hybridized carbons (Fsp3) is 0.562. The van der Waals surface area contributed by atoms with Crippen LogP contribution >= 0.6 is 0 Å². The Hall–Kier alpha value is -1.62. The van der Waals surface area contributed by atoms with Gasteiger partial charge in [0, 0.05) is 11.5 Å². The lowest BCUT2D eigenvalue weighted by atomic mass is 10.2. The minimum Gasteiger partial charge on any atom is -0.545 e. The molecular formula is C16H20FO4-. The highest BCUT2D eigenvalue weighted by Crippen LogP contribution is 2.27. The zero-order valence-corrected chi connectivity index (χ0v) is 12.3. The van der Waals surface area contributed by atoms with Crippen molar-refractivity contribution in [1.82, 2.24) is 0 Å². The van der Waals surface area contributed by atoms with E-state index in [1.165, 1.54) is 0 Å². The van der Waals surface area contributed by atoms with Gasteiger partial charge in [0.15, 0.2) is 11.6 Å². The maximum Gasteiger partial charge on any atom is 0.202 e. The Morgan fingerprint density at radius 3 is 2.57 bits per heavy atom. The number of aromatic carboxylic acids is 1. The van der Waals surface area contributed by atoms with E-state index in [1.807, 2.05) is 13.8 Å². The summed E-state index contributed by atoms with van der Waals surface area (Å²) in [6.45, 7) is 3.83. The first-order valence-corrected chi connectivity index (χ1v) is 7.30. The lowest BCUT2D eigenvalue weighted by molar-refractivity contribution is -0.255. The maximum absolute atomic E-state index is 13.8. The molecule has 0 N–H and O–H groups in total. The predicted octanol–water partition coefficient (Wildman–Crippen LogP) is 2.51. The normalized spacial score (nSPS) is 17.1. The van der Waals surface area contributed by atoms with Crippen molar-refractivity contribution in [3.63, 3.8) is 0 Å². The van der Waals surface area contributed by atoms with Gasteiger partial charge >= 0.3 is 0 Å². The molecule has 1 fully saturated rings. The van der Waals surface area contributed by atoms with Crippen LogP contribution in [0.15, 0.2) is 18.2 Å². The molecule has 0 bridgehead atoms. The van der Waals surface area contributed by atoms with E-state index < -0.39 is 18.1 Å². The first-order valence-electron chi connectivity index (χ1n) is 7.30. The van der Waals surface area contributed by atoms with Crippen molar-refractivity contribution in [2.45, 2.75) is 51.9 Å². The third-order valence-corrected chi connectivity index (χ3v) is 3.58. The van der Waals surface area contributed by atoms with Crippen LogP contribution in [0.1, 0.15) is 49.9 Å². The third-order valence-electron chi connectivity index (χ3n) is 3.58. The van der Waals surface area contributed by atoms with E-state index in [0.29, 0.717) is 0 Å². The summed E-state index contributed by atoms with van der Waals surface area (Å²) < 4.78 is 25.2. The Balaban J connectivity index is 2.11. The van der Waals surface area contributed by atoms with Crippen molar-refractivity contribution in [3.05, 3.63) is 29.6 Å². The number of rotatable bonds is 6. The molecule has 1 aliphatic rings. The van der Waals surface area contributed by atoms with Gasteiger partial charge in [-0.25, -0.2) is 4.39 Å². The zero-order valence-electron chi connectivity index (χ0n) is 12.3. The van der Waals surface area contributed by atoms with Gasteiger partial charge in [0.25, 0.3) is 0 Å². The number of halogens is 1. The molecule has 1 atom stereocenters. The number of carboxylic acids is 1. The van der Waals surface area contributed by atoms with Gasteiger partial charge in [0.05, 0.1) is 12.1 Å². The molecule has 4 nitrogen and oxygen atoms in total. The summed E-state index contributed by atoms with van der Waals surface area (Å²) >= 11 is 0. The highest BCUT2D eigenvalue weighted by atomic mass is 19.1. The van der Waals surface area contributed by atoms with E-state index in [9.17, 15) is 14.3 Å². The second kappa shape index (κ2) is 6.89. The quantitative estimate of drug-likeness (QED) is 0.757. The predicted molar refractivity (Wildman–Crippen MR) is 73.3 cm³/mol. The van der Waals surface area contributed by atoms with Gasteiger partial charge in [0.2, 0.25) is 6.29 Å². The summed E-state index contributed by atoms with van der Waals surface area (Å²) in [7, 11) is 0. The molecule has 1 aromatic carbocycles. The van der Waals surface area contributed by atoms with E-state index in [-0.39, 0.29) is 23.3 Å². The van der Waals surface area contributed by atoms with Gasteiger partial charge in [-0.3, -0.25) is 0 Å². The second-order valence-corrected chi connectivity index (χ2v) is 5.71. The van der Waals surface area contributed by atoms with Crippen LogP contribution in [0, 0.1) is 11.7 Å². The molecule has 0 aliphatic heterocycles. The van der Waals surface area contributed by atoms with E-state index in [0.717, 1.165) is 43.9 Å². The maximum atomic E-state index is 13.8. The minimum absolute atomic E-state index is 0.0246. The van der Waals surface area contributed by atoms with E-state index >= 15 is 0 Å². The number of ether oxygens (including phenoxy) is 2. The van der Waals surface area contributed by atoms with Crippen LogP contribution in [0.3, 0.4) is 0 Å². The van der Waals surface area contributed by atoms with Crippen LogP contribution in [0.25, 0.3) is 0 Å². The van der Waals surface area contributed by atoms with Crippen LogP contribution in [0.4, 0.5) is 4.39 Å². The molecule has 1 aromatic rings. The molecule has 0 spiro atoms. The van der Waals surface area contributed by atoms with Crippen LogP contribution in [0.2, 0.25) is 0 Å². The van der Waals surface area contributed by atoms with E-state index in [1.54, 1.807) is 0 Å². The Kier molecular flexibility index (Phi) is 5.17. The van der Waals surface area contributed by atoms with Crippen molar-refractivity contribution >= 4 is 5.97 Å². The van der Waals surface area contributed by atoms with E-state index in [4.69, 9.17) is 9.47 Å². The van der Waals surface area contributed by atoms with Crippen molar-refractivity contribution in [2.24, 2.45) is 5.92 Å². The second-order valence-electron chi connectivity index (χ2n) is 5.71. The molecule has 0 saturated heterocycles. The Labute approximate surface area is 123 Å². The number of carboxylic acid groups (broad SMARTS) is 1. The standard InChI is InChI=1S/C16H21FO4/c1-10(2)16(20-12-5-3-4-6-12)21-14-9-11(15(18)19)7-8-13(14)17/h7-10,12,16H,3-6H2,1-2H3,(H,18,19)/p-1.